The van der Waals surface area contributed by atoms with Gasteiger partial charge in [-0.15, -0.1) is 6.58 Å². The van der Waals surface area contributed by atoms with Crippen molar-refractivity contribution in [2.75, 3.05) is 26.2 Å². The average Bonchev–Trinajstić information content (AvgIpc) is 2.25. The Morgan fingerprint density at radius 2 is 2.33 bits per heavy atom. The predicted octanol–water partition coefficient (Wildman–Crippen LogP) is 2.27. The van der Waals surface area contributed by atoms with Crippen LogP contribution in [0, 0.1) is 5.92 Å². The van der Waals surface area contributed by atoms with Crippen molar-refractivity contribution in [1.29, 1.82) is 0 Å². The molecule has 1 heterocycles. The van der Waals surface area contributed by atoms with Gasteiger partial charge in [-0.05, 0) is 58.7 Å². The second-order valence-corrected chi connectivity index (χ2v) is 4.88. The Labute approximate surface area is 94.7 Å². The van der Waals surface area contributed by atoms with Crippen molar-refractivity contribution in [3.63, 3.8) is 0 Å². The van der Waals surface area contributed by atoms with E-state index in [1.54, 1.807) is 0 Å². The molecule has 0 amide bonds. The number of nitrogens with one attached hydrogen (secondary N) is 1. The van der Waals surface area contributed by atoms with Crippen LogP contribution in [-0.4, -0.2) is 37.1 Å². The van der Waals surface area contributed by atoms with Gasteiger partial charge >= 0.3 is 0 Å². The minimum atomic E-state index is 0.638. The quantitative estimate of drug-likeness (QED) is 0.677. The molecule has 1 atom stereocenters. The van der Waals surface area contributed by atoms with Gasteiger partial charge < -0.3 is 5.32 Å². The first-order valence-corrected chi connectivity index (χ1v) is 6.29. The van der Waals surface area contributed by atoms with Crippen LogP contribution < -0.4 is 5.32 Å². The van der Waals surface area contributed by atoms with Gasteiger partial charge in [0.25, 0.3) is 0 Å². The molecule has 1 fully saturated rings. The van der Waals surface area contributed by atoms with Crippen LogP contribution in [0.4, 0.5) is 0 Å². The molecule has 2 heteroatoms. The van der Waals surface area contributed by atoms with Gasteiger partial charge in [0.1, 0.15) is 0 Å². The Morgan fingerprint density at radius 1 is 1.53 bits per heavy atom. The van der Waals surface area contributed by atoms with Crippen LogP contribution in [0.2, 0.25) is 0 Å². The van der Waals surface area contributed by atoms with Crippen LogP contribution in [0.5, 0.6) is 0 Å². The van der Waals surface area contributed by atoms with Crippen LogP contribution in [0.15, 0.2) is 12.7 Å². The first-order valence-electron chi connectivity index (χ1n) is 6.29. The fraction of sp³-hybridized carbons (Fsp3) is 0.846. The number of hydrogen-bond acceptors (Lipinski definition) is 2. The number of rotatable bonds is 6. The molecular weight excluding hydrogens is 184 g/mol. The van der Waals surface area contributed by atoms with E-state index in [1.165, 1.54) is 38.9 Å². The molecule has 1 saturated heterocycles. The van der Waals surface area contributed by atoms with Crippen molar-refractivity contribution in [3.05, 3.63) is 12.7 Å². The minimum absolute atomic E-state index is 0.638. The maximum absolute atomic E-state index is 3.82. The highest BCUT2D eigenvalue weighted by atomic mass is 15.1. The summed E-state index contributed by atoms with van der Waals surface area (Å²) in [7, 11) is 0. The third-order valence-corrected chi connectivity index (χ3v) is 3.32. The van der Waals surface area contributed by atoms with E-state index in [9.17, 15) is 0 Å². The lowest BCUT2D eigenvalue weighted by molar-refractivity contribution is 0.216. The van der Waals surface area contributed by atoms with Crippen molar-refractivity contribution >= 4 is 0 Å². The van der Waals surface area contributed by atoms with Crippen LogP contribution in [0.1, 0.15) is 33.1 Å². The first kappa shape index (κ1) is 12.7. The lowest BCUT2D eigenvalue weighted by Gasteiger charge is -2.29. The molecule has 0 aromatic carbocycles. The highest BCUT2D eigenvalue weighted by Crippen LogP contribution is 2.15. The molecule has 1 aliphatic heterocycles. The largest absolute Gasteiger partial charge is 0.316 e. The second kappa shape index (κ2) is 7.02. The summed E-state index contributed by atoms with van der Waals surface area (Å²) in [6.45, 7) is 13.0. The van der Waals surface area contributed by atoms with Crippen LogP contribution in [-0.2, 0) is 0 Å². The van der Waals surface area contributed by atoms with Crippen molar-refractivity contribution in [2.45, 2.75) is 39.2 Å². The molecule has 0 bridgehead atoms. The second-order valence-electron chi connectivity index (χ2n) is 4.88. The summed E-state index contributed by atoms with van der Waals surface area (Å²) in [5.74, 6) is 0.893. The van der Waals surface area contributed by atoms with Gasteiger partial charge in [0.05, 0.1) is 0 Å². The van der Waals surface area contributed by atoms with Crippen LogP contribution in [0.25, 0.3) is 0 Å². The van der Waals surface area contributed by atoms with E-state index in [1.807, 2.05) is 6.08 Å². The lowest BCUT2D eigenvalue weighted by atomic mass is 9.96. The highest BCUT2D eigenvalue weighted by Gasteiger charge is 2.15. The van der Waals surface area contributed by atoms with Gasteiger partial charge in [-0.25, -0.2) is 0 Å². The maximum Gasteiger partial charge on any atom is 0.0163 e. The zero-order chi connectivity index (χ0) is 11.1. The third-order valence-electron chi connectivity index (χ3n) is 3.32. The van der Waals surface area contributed by atoms with Gasteiger partial charge in [-0.3, -0.25) is 4.90 Å². The SMILES string of the molecule is C=CCN(CCC1CCCNC1)C(C)C. The Bertz CT molecular complexity index is 171. The fourth-order valence-electron chi connectivity index (χ4n) is 2.24. The van der Waals surface area contributed by atoms with E-state index < -0.39 is 0 Å². The first-order chi connectivity index (χ1) is 7.24. The molecule has 88 valence electrons. The van der Waals surface area contributed by atoms with E-state index in [0.29, 0.717) is 6.04 Å². The topological polar surface area (TPSA) is 15.3 Å². The fourth-order valence-corrected chi connectivity index (χ4v) is 2.24. The molecule has 1 unspecified atom stereocenters. The lowest BCUT2D eigenvalue weighted by Crippen LogP contribution is -2.36. The monoisotopic (exact) mass is 210 g/mol. The van der Waals surface area contributed by atoms with Gasteiger partial charge in [0.15, 0.2) is 0 Å². The summed E-state index contributed by atoms with van der Waals surface area (Å²) >= 11 is 0. The summed E-state index contributed by atoms with van der Waals surface area (Å²) in [5.41, 5.74) is 0. The van der Waals surface area contributed by atoms with Crippen molar-refractivity contribution in [3.8, 4) is 0 Å². The van der Waals surface area contributed by atoms with Crippen LogP contribution >= 0.6 is 0 Å². The van der Waals surface area contributed by atoms with E-state index >= 15 is 0 Å². The average molecular weight is 210 g/mol. The summed E-state index contributed by atoms with van der Waals surface area (Å²) in [4.78, 5) is 2.50. The molecule has 0 saturated carbocycles. The number of piperidine rings is 1. The molecule has 0 radical (unpaired) electrons. The molecule has 1 aliphatic rings. The van der Waals surface area contributed by atoms with Gasteiger partial charge in [-0.2, -0.15) is 0 Å². The Hall–Kier alpha value is -0.340. The van der Waals surface area contributed by atoms with Crippen LogP contribution in [0.3, 0.4) is 0 Å². The molecular formula is C13H26N2. The Kier molecular flexibility index (Phi) is 5.96. The maximum atomic E-state index is 3.82. The van der Waals surface area contributed by atoms with Crippen molar-refractivity contribution < 1.29 is 0 Å². The normalized spacial score (nSPS) is 22.3. The van der Waals surface area contributed by atoms with E-state index in [-0.39, 0.29) is 0 Å². The summed E-state index contributed by atoms with van der Waals surface area (Å²) in [5, 5.41) is 3.48. The van der Waals surface area contributed by atoms with E-state index in [0.717, 1.165) is 12.5 Å². The summed E-state index contributed by atoms with van der Waals surface area (Å²) in [6.07, 6.45) is 6.11. The van der Waals surface area contributed by atoms with Gasteiger partial charge in [-0.1, -0.05) is 6.08 Å². The highest BCUT2D eigenvalue weighted by molar-refractivity contribution is 4.77. The standard InChI is InChI=1S/C13H26N2/c1-4-9-15(12(2)3)10-7-13-6-5-8-14-11-13/h4,12-14H,1,5-11H2,2-3H3. The van der Waals surface area contributed by atoms with E-state index in [4.69, 9.17) is 0 Å². The Morgan fingerprint density at radius 3 is 2.87 bits per heavy atom. The molecule has 0 aromatic rings. The number of hydrogen-bond donors (Lipinski definition) is 1. The smallest absolute Gasteiger partial charge is 0.0163 e. The van der Waals surface area contributed by atoms with Gasteiger partial charge in [0.2, 0.25) is 0 Å². The third kappa shape index (κ3) is 4.80. The summed E-state index contributed by atoms with van der Waals surface area (Å²) in [6, 6.07) is 0.638. The van der Waals surface area contributed by atoms with E-state index in [2.05, 4.69) is 30.6 Å². The zero-order valence-corrected chi connectivity index (χ0v) is 10.3. The number of nitrogens with zero attached hydrogens (tertiary/aromatic N) is 1. The van der Waals surface area contributed by atoms with Crippen molar-refractivity contribution in [2.24, 2.45) is 5.92 Å². The molecule has 15 heavy (non-hydrogen) atoms. The molecule has 0 aliphatic carbocycles. The molecule has 2 nitrogen and oxygen atoms in total. The predicted molar refractivity (Wildman–Crippen MR) is 67.1 cm³/mol. The molecule has 0 spiro atoms. The Balaban J connectivity index is 2.22. The minimum Gasteiger partial charge on any atom is -0.316 e. The van der Waals surface area contributed by atoms with Gasteiger partial charge in [0, 0.05) is 12.6 Å². The molecule has 0 aromatic heterocycles. The molecule has 1 rings (SSSR count). The molecule has 1 N–H and O–H groups in total. The summed E-state index contributed by atoms with van der Waals surface area (Å²) < 4.78 is 0. The zero-order valence-electron chi connectivity index (χ0n) is 10.3. The van der Waals surface area contributed by atoms with Crippen molar-refractivity contribution in [1.82, 2.24) is 10.2 Å².